The summed E-state index contributed by atoms with van der Waals surface area (Å²) in [5.41, 5.74) is 1.52. The Bertz CT molecular complexity index is 335. The number of hydrogen-bond acceptors (Lipinski definition) is 4. The molecule has 0 aromatic carbocycles. The van der Waals surface area contributed by atoms with Crippen LogP contribution in [0.25, 0.3) is 0 Å². The van der Waals surface area contributed by atoms with Crippen LogP contribution in [-0.4, -0.2) is 27.2 Å². The van der Waals surface area contributed by atoms with Crippen LogP contribution in [0.4, 0.5) is 5.82 Å². The van der Waals surface area contributed by atoms with E-state index in [-0.39, 0.29) is 12.1 Å². The van der Waals surface area contributed by atoms with Crippen LogP contribution < -0.4 is 5.32 Å². The third-order valence-electron chi connectivity index (χ3n) is 2.75. The predicted molar refractivity (Wildman–Crippen MR) is 60.9 cm³/mol. The third kappa shape index (κ3) is 2.89. The van der Waals surface area contributed by atoms with Crippen molar-refractivity contribution in [2.24, 2.45) is 0 Å². The molecular weight excluding hydrogens is 190 g/mol. The zero-order chi connectivity index (χ0) is 11.5. The zero-order valence-electron chi connectivity index (χ0n) is 9.83. The molecule has 1 unspecified atom stereocenters. The molecule has 15 heavy (non-hydrogen) atoms. The fourth-order valence-corrected chi connectivity index (χ4v) is 1.15. The van der Waals surface area contributed by atoms with Crippen molar-refractivity contribution < 1.29 is 5.11 Å². The van der Waals surface area contributed by atoms with Crippen LogP contribution in [0, 0.1) is 13.8 Å². The molecule has 1 rings (SSSR count). The van der Waals surface area contributed by atoms with Gasteiger partial charge in [-0.1, -0.05) is 6.92 Å². The zero-order valence-corrected chi connectivity index (χ0v) is 9.83. The molecule has 1 atom stereocenters. The molecule has 0 aliphatic heterocycles. The van der Waals surface area contributed by atoms with Gasteiger partial charge in [0.1, 0.15) is 5.82 Å². The van der Waals surface area contributed by atoms with Crippen molar-refractivity contribution in [1.82, 2.24) is 9.97 Å². The van der Waals surface area contributed by atoms with Crippen LogP contribution >= 0.6 is 0 Å². The number of rotatable bonds is 4. The molecule has 0 aliphatic carbocycles. The van der Waals surface area contributed by atoms with E-state index in [1.807, 2.05) is 27.7 Å². The highest BCUT2D eigenvalue weighted by molar-refractivity contribution is 5.36. The molecule has 0 bridgehead atoms. The van der Waals surface area contributed by atoms with Gasteiger partial charge in [-0.25, -0.2) is 4.98 Å². The normalized spacial score (nSPS) is 14.7. The molecule has 0 radical (unpaired) electrons. The van der Waals surface area contributed by atoms with E-state index in [9.17, 15) is 5.11 Å². The lowest BCUT2D eigenvalue weighted by molar-refractivity contribution is 0.218. The van der Waals surface area contributed by atoms with E-state index < -0.39 is 0 Å². The second kappa shape index (κ2) is 4.57. The van der Waals surface area contributed by atoms with Gasteiger partial charge >= 0.3 is 0 Å². The number of aromatic nitrogens is 2. The number of hydrogen-bond donors (Lipinski definition) is 2. The summed E-state index contributed by atoms with van der Waals surface area (Å²) in [4.78, 5) is 8.59. The lowest BCUT2D eigenvalue weighted by atomic mass is 10.0. The fourth-order valence-electron chi connectivity index (χ4n) is 1.15. The van der Waals surface area contributed by atoms with Crippen molar-refractivity contribution in [3.05, 3.63) is 17.6 Å². The van der Waals surface area contributed by atoms with E-state index in [0.29, 0.717) is 0 Å². The Morgan fingerprint density at radius 3 is 2.53 bits per heavy atom. The summed E-state index contributed by atoms with van der Waals surface area (Å²) in [5.74, 6) is 0.719. The number of nitrogens with one attached hydrogen (secondary N) is 1. The molecule has 0 aliphatic rings. The van der Waals surface area contributed by atoms with E-state index in [1.165, 1.54) is 0 Å². The minimum absolute atomic E-state index is 0.0815. The van der Waals surface area contributed by atoms with Crippen molar-refractivity contribution in [1.29, 1.82) is 0 Å². The molecule has 0 fully saturated rings. The average Bonchev–Trinajstić information content (AvgIpc) is 2.23. The van der Waals surface area contributed by atoms with Crippen molar-refractivity contribution in [2.75, 3.05) is 11.9 Å². The van der Waals surface area contributed by atoms with Crippen LogP contribution in [-0.2, 0) is 0 Å². The molecule has 0 amide bonds. The highest BCUT2D eigenvalue weighted by atomic mass is 16.3. The van der Waals surface area contributed by atoms with Gasteiger partial charge < -0.3 is 10.4 Å². The molecular formula is C11H19N3O. The van der Waals surface area contributed by atoms with E-state index >= 15 is 0 Å². The molecule has 4 heteroatoms. The summed E-state index contributed by atoms with van der Waals surface area (Å²) >= 11 is 0. The summed E-state index contributed by atoms with van der Waals surface area (Å²) in [6.07, 6.45) is 2.53. The first-order valence-corrected chi connectivity index (χ1v) is 5.20. The van der Waals surface area contributed by atoms with Crippen molar-refractivity contribution in [3.63, 3.8) is 0 Å². The summed E-state index contributed by atoms with van der Waals surface area (Å²) in [6, 6.07) is 0. The molecule has 1 aromatic heterocycles. The maximum atomic E-state index is 9.26. The predicted octanol–water partition coefficient (Wildman–Crippen LogP) is 1.67. The summed E-state index contributed by atoms with van der Waals surface area (Å²) in [5, 5.41) is 12.5. The number of nitrogens with zero attached hydrogens (tertiary/aromatic N) is 2. The maximum absolute atomic E-state index is 9.26. The first-order chi connectivity index (χ1) is 7.00. The monoisotopic (exact) mass is 209 g/mol. The second-order valence-corrected chi connectivity index (χ2v) is 4.12. The van der Waals surface area contributed by atoms with Crippen LogP contribution in [0.1, 0.15) is 31.7 Å². The van der Waals surface area contributed by atoms with Gasteiger partial charge in [-0.3, -0.25) is 4.98 Å². The Balaban J connectivity index is 2.85. The van der Waals surface area contributed by atoms with Gasteiger partial charge in [0, 0.05) is 0 Å². The molecule has 1 aromatic rings. The highest BCUT2D eigenvalue weighted by Crippen LogP contribution is 2.16. The fraction of sp³-hybridized carbons (Fsp3) is 0.636. The molecule has 0 saturated heterocycles. The summed E-state index contributed by atoms with van der Waals surface area (Å²) < 4.78 is 0. The largest absolute Gasteiger partial charge is 0.394 e. The summed E-state index contributed by atoms with van der Waals surface area (Å²) in [6.45, 7) is 7.92. The lowest BCUT2D eigenvalue weighted by Gasteiger charge is -2.27. The Morgan fingerprint density at radius 2 is 2.07 bits per heavy atom. The van der Waals surface area contributed by atoms with E-state index in [0.717, 1.165) is 23.6 Å². The smallest absolute Gasteiger partial charge is 0.145 e. The van der Waals surface area contributed by atoms with Crippen LogP contribution in [0.15, 0.2) is 6.20 Å². The van der Waals surface area contributed by atoms with Gasteiger partial charge in [0.05, 0.1) is 29.7 Å². The van der Waals surface area contributed by atoms with Crippen LogP contribution in [0.5, 0.6) is 0 Å². The molecule has 0 saturated carbocycles. The summed E-state index contributed by atoms with van der Waals surface area (Å²) in [7, 11) is 0. The molecule has 84 valence electrons. The van der Waals surface area contributed by atoms with Gasteiger partial charge in [0.2, 0.25) is 0 Å². The number of aliphatic hydroxyl groups excluding tert-OH is 1. The van der Waals surface area contributed by atoms with Crippen molar-refractivity contribution in [3.8, 4) is 0 Å². The van der Waals surface area contributed by atoms with Gasteiger partial charge in [0.25, 0.3) is 0 Å². The van der Waals surface area contributed by atoms with E-state index in [1.54, 1.807) is 6.20 Å². The minimum Gasteiger partial charge on any atom is -0.394 e. The maximum Gasteiger partial charge on any atom is 0.145 e. The quantitative estimate of drug-likeness (QED) is 0.792. The Kier molecular flexibility index (Phi) is 3.63. The molecule has 1 heterocycles. The van der Waals surface area contributed by atoms with Gasteiger partial charge in [0.15, 0.2) is 0 Å². The Hall–Kier alpha value is -1.16. The topological polar surface area (TPSA) is 58.0 Å². The van der Waals surface area contributed by atoms with Gasteiger partial charge in [-0.2, -0.15) is 0 Å². The number of aryl methyl sites for hydroxylation is 2. The van der Waals surface area contributed by atoms with Gasteiger partial charge in [-0.05, 0) is 27.2 Å². The van der Waals surface area contributed by atoms with Crippen LogP contribution in [0.2, 0.25) is 0 Å². The molecule has 4 nitrogen and oxygen atoms in total. The second-order valence-electron chi connectivity index (χ2n) is 4.12. The standard InChI is InChI=1S/C11H19N3O/c1-5-11(4,7-15)14-10-6-12-8(2)9(3)13-10/h6,15H,5,7H2,1-4H3,(H,13,14). The minimum atomic E-state index is -0.323. The lowest BCUT2D eigenvalue weighted by Crippen LogP contribution is -2.38. The number of aliphatic hydroxyl groups is 1. The number of anilines is 1. The van der Waals surface area contributed by atoms with Crippen molar-refractivity contribution in [2.45, 2.75) is 39.7 Å². The van der Waals surface area contributed by atoms with Gasteiger partial charge in [-0.15, -0.1) is 0 Å². The van der Waals surface area contributed by atoms with Crippen molar-refractivity contribution >= 4 is 5.82 Å². The Morgan fingerprint density at radius 1 is 1.40 bits per heavy atom. The Labute approximate surface area is 90.8 Å². The van der Waals surface area contributed by atoms with Crippen LogP contribution in [0.3, 0.4) is 0 Å². The first-order valence-electron chi connectivity index (χ1n) is 5.20. The first kappa shape index (κ1) is 11.9. The molecule has 2 N–H and O–H groups in total. The average molecular weight is 209 g/mol. The third-order valence-corrected chi connectivity index (χ3v) is 2.75. The van der Waals surface area contributed by atoms with E-state index in [4.69, 9.17) is 0 Å². The highest BCUT2D eigenvalue weighted by Gasteiger charge is 2.21. The molecule has 0 spiro atoms. The SMILES string of the molecule is CCC(C)(CO)Nc1cnc(C)c(C)n1. The van der Waals surface area contributed by atoms with E-state index in [2.05, 4.69) is 15.3 Å².